The fourth-order valence-corrected chi connectivity index (χ4v) is 2.51. The molecule has 10 nitrogen and oxygen atoms in total. The van der Waals surface area contributed by atoms with E-state index in [2.05, 4.69) is 5.32 Å². The second kappa shape index (κ2) is 8.25. The molecule has 0 heterocycles. The van der Waals surface area contributed by atoms with Crippen LogP contribution in [0.25, 0.3) is 0 Å². The summed E-state index contributed by atoms with van der Waals surface area (Å²) in [4.78, 5) is 24.6. The molecule has 2 aromatic rings. The molecule has 0 unspecified atom stereocenters. The van der Waals surface area contributed by atoms with Crippen LogP contribution in [-0.4, -0.2) is 50.5 Å². The molecule has 0 spiro atoms. The van der Waals surface area contributed by atoms with Crippen LogP contribution in [-0.2, 0) is 0 Å². The quantitative estimate of drug-likeness (QED) is 0.553. The van der Waals surface area contributed by atoms with Crippen LogP contribution in [0.2, 0.25) is 0 Å². The highest BCUT2D eigenvalue weighted by molar-refractivity contribution is 6.11. The zero-order valence-electron chi connectivity index (χ0n) is 15.7. The molecule has 10 heteroatoms. The lowest BCUT2D eigenvalue weighted by Crippen LogP contribution is -2.19. The summed E-state index contributed by atoms with van der Waals surface area (Å²) in [7, 11) is 5.14. The van der Waals surface area contributed by atoms with E-state index in [-0.39, 0.29) is 45.6 Å². The van der Waals surface area contributed by atoms with E-state index in [0.717, 1.165) is 0 Å². The summed E-state index contributed by atoms with van der Waals surface area (Å²) in [5, 5.41) is 22.7. The smallest absolute Gasteiger partial charge is 0.256 e. The predicted molar refractivity (Wildman–Crippen MR) is 98.9 cm³/mol. The number of nitrogens with two attached hydrogens (primary N) is 1. The van der Waals surface area contributed by atoms with E-state index in [0.29, 0.717) is 0 Å². The highest BCUT2D eigenvalue weighted by Gasteiger charge is 2.25. The number of nitrogens with one attached hydrogen (secondary N) is 1. The molecular weight excluding hydrogens is 372 g/mol. The highest BCUT2D eigenvalue weighted by atomic mass is 16.5. The van der Waals surface area contributed by atoms with Crippen LogP contribution < -0.4 is 30.0 Å². The van der Waals surface area contributed by atoms with Gasteiger partial charge in [-0.3, -0.25) is 9.59 Å². The number of methoxy groups -OCH3 is 4. The molecule has 0 aromatic heterocycles. The standard InChI is InChI=1S/C18H20N2O8/c1-25-10-5-8(6-11(26-2)14(10)21)18(24)20-13-9(17(19)23)7-12(27-3)15(22)16(13)28-4/h5-7,21-22H,1-4H3,(H2,19,23)(H,20,24). The third-order valence-corrected chi connectivity index (χ3v) is 3.89. The predicted octanol–water partition coefficient (Wildman–Crippen LogP) is 1.48. The number of carbonyl (C=O) groups excluding carboxylic acids is 2. The van der Waals surface area contributed by atoms with E-state index >= 15 is 0 Å². The van der Waals surface area contributed by atoms with Crippen LogP contribution in [0.4, 0.5) is 5.69 Å². The van der Waals surface area contributed by atoms with Gasteiger partial charge in [0.1, 0.15) is 5.69 Å². The van der Waals surface area contributed by atoms with Gasteiger partial charge in [-0.15, -0.1) is 0 Å². The van der Waals surface area contributed by atoms with Crippen molar-refractivity contribution in [2.75, 3.05) is 33.8 Å². The van der Waals surface area contributed by atoms with Crippen molar-refractivity contribution >= 4 is 17.5 Å². The molecule has 0 saturated heterocycles. The van der Waals surface area contributed by atoms with Crippen LogP contribution in [0, 0.1) is 0 Å². The van der Waals surface area contributed by atoms with Crippen LogP contribution in [0.3, 0.4) is 0 Å². The molecule has 0 fully saturated rings. The maximum atomic E-state index is 12.7. The third-order valence-electron chi connectivity index (χ3n) is 3.89. The Morgan fingerprint density at radius 3 is 1.79 bits per heavy atom. The summed E-state index contributed by atoms with van der Waals surface area (Å²) in [5.41, 5.74) is 5.13. The first-order chi connectivity index (χ1) is 13.3. The number of phenolic OH excluding ortho intramolecular Hbond substituents is 2. The zero-order valence-corrected chi connectivity index (χ0v) is 15.7. The van der Waals surface area contributed by atoms with Crippen molar-refractivity contribution < 1.29 is 38.7 Å². The van der Waals surface area contributed by atoms with Gasteiger partial charge in [-0.2, -0.15) is 0 Å². The van der Waals surface area contributed by atoms with Crippen LogP contribution in [0.5, 0.6) is 34.5 Å². The number of ether oxygens (including phenoxy) is 4. The van der Waals surface area contributed by atoms with Gasteiger partial charge in [-0.05, 0) is 18.2 Å². The van der Waals surface area contributed by atoms with Gasteiger partial charge in [0, 0.05) is 5.56 Å². The molecule has 0 radical (unpaired) electrons. The minimum absolute atomic E-state index is 0.00386. The van der Waals surface area contributed by atoms with Gasteiger partial charge in [0.15, 0.2) is 23.0 Å². The Labute approximate surface area is 160 Å². The molecule has 0 bridgehead atoms. The number of primary amides is 1. The van der Waals surface area contributed by atoms with Gasteiger partial charge >= 0.3 is 0 Å². The first-order valence-corrected chi connectivity index (χ1v) is 7.83. The number of hydrogen-bond donors (Lipinski definition) is 4. The number of phenols is 2. The lowest BCUT2D eigenvalue weighted by molar-refractivity contribution is 0.100. The lowest BCUT2D eigenvalue weighted by atomic mass is 10.1. The van der Waals surface area contributed by atoms with E-state index in [9.17, 15) is 19.8 Å². The Morgan fingerprint density at radius 1 is 0.857 bits per heavy atom. The van der Waals surface area contributed by atoms with Gasteiger partial charge < -0.3 is 40.2 Å². The van der Waals surface area contributed by atoms with Crippen LogP contribution in [0.1, 0.15) is 20.7 Å². The number of anilines is 1. The van der Waals surface area contributed by atoms with Crippen molar-refractivity contribution in [3.05, 3.63) is 29.3 Å². The number of hydrogen-bond acceptors (Lipinski definition) is 8. The van der Waals surface area contributed by atoms with Crippen molar-refractivity contribution in [3.8, 4) is 34.5 Å². The normalized spacial score (nSPS) is 10.1. The maximum Gasteiger partial charge on any atom is 0.256 e. The second-order valence-electron chi connectivity index (χ2n) is 5.43. The molecule has 0 aliphatic heterocycles. The molecular formula is C18H20N2O8. The van der Waals surface area contributed by atoms with Gasteiger partial charge in [0.2, 0.25) is 11.5 Å². The molecule has 0 saturated carbocycles. The van der Waals surface area contributed by atoms with Crippen molar-refractivity contribution in [2.24, 2.45) is 5.73 Å². The van der Waals surface area contributed by atoms with E-state index in [1.165, 1.54) is 46.6 Å². The topological polar surface area (TPSA) is 150 Å². The summed E-state index contributed by atoms with van der Waals surface area (Å²) in [5.74, 6) is -2.55. The summed E-state index contributed by atoms with van der Waals surface area (Å²) in [6.45, 7) is 0. The third kappa shape index (κ3) is 3.65. The van der Waals surface area contributed by atoms with E-state index in [4.69, 9.17) is 24.7 Å². The Hall–Kier alpha value is -3.82. The molecule has 2 rings (SSSR count). The maximum absolute atomic E-state index is 12.7. The zero-order chi connectivity index (χ0) is 21.0. The molecule has 0 atom stereocenters. The van der Waals surface area contributed by atoms with E-state index < -0.39 is 17.6 Å². The van der Waals surface area contributed by atoms with Crippen LogP contribution in [0.15, 0.2) is 18.2 Å². The van der Waals surface area contributed by atoms with Crippen molar-refractivity contribution in [3.63, 3.8) is 0 Å². The molecule has 0 aliphatic rings. The Morgan fingerprint density at radius 2 is 1.36 bits per heavy atom. The number of aromatic hydroxyl groups is 2. The van der Waals surface area contributed by atoms with Crippen molar-refractivity contribution in [1.29, 1.82) is 0 Å². The fraction of sp³-hybridized carbons (Fsp3) is 0.222. The summed E-state index contributed by atoms with van der Waals surface area (Å²) >= 11 is 0. The minimum atomic E-state index is -0.882. The SMILES string of the molecule is COc1cc(C(=O)Nc2c(C(N)=O)cc(OC)c(O)c2OC)cc(OC)c1O. The molecule has 28 heavy (non-hydrogen) atoms. The molecule has 0 aliphatic carbocycles. The Kier molecular flexibility index (Phi) is 6.04. The first-order valence-electron chi connectivity index (χ1n) is 7.83. The van der Waals surface area contributed by atoms with Gasteiger partial charge in [0.05, 0.1) is 34.0 Å². The monoisotopic (exact) mass is 392 g/mol. The first kappa shape index (κ1) is 20.5. The number of carbonyl (C=O) groups is 2. The van der Waals surface area contributed by atoms with E-state index in [1.807, 2.05) is 0 Å². The Bertz CT molecular complexity index is 901. The summed E-state index contributed by atoms with van der Waals surface area (Å²) in [6, 6.07) is 3.72. The number of rotatable bonds is 7. The minimum Gasteiger partial charge on any atom is -0.502 e. The largest absolute Gasteiger partial charge is 0.502 e. The van der Waals surface area contributed by atoms with Crippen molar-refractivity contribution in [2.45, 2.75) is 0 Å². The number of benzene rings is 2. The van der Waals surface area contributed by atoms with Gasteiger partial charge in [-0.1, -0.05) is 0 Å². The van der Waals surface area contributed by atoms with Crippen LogP contribution >= 0.6 is 0 Å². The lowest BCUT2D eigenvalue weighted by Gasteiger charge is -2.17. The average Bonchev–Trinajstić information content (AvgIpc) is 2.68. The molecule has 150 valence electrons. The molecule has 5 N–H and O–H groups in total. The van der Waals surface area contributed by atoms with Gasteiger partial charge in [0.25, 0.3) is 11.8 Å². The fourth-order valence-electron chi connectivity index (χ4n) is 2.51. The summed E-state index contributed by atoms with van der Waals surface area (Å²) in [6.07, 6.45) is 0. The average molecular weight is 392 g/mol. The van der Waals surface area contributed by atoms with Gasteiger partial charge in [-0.25, -0.2) is 0 Å². The summed E-state index contributed by atoms with van der Waals surface area (Å²) < 4.78 is 20.1. The van der Waals surface area contributed by atoms with E-state index in [1.54, 1.807) is 0 Å². The molecule has 2 aromatic carbocycles. The molecule has 2 amide bonds. The highest BCUT2D eigenvalue weighted by Crippen LogP contribution is 2.45. The number of amides is 2. The van der Waals surface area contributed by atoms with Crippen molar-refractivity contribution in [1.82, 2.24) is 0 Å². The Balaban J connectivity index is 2.58. The second-order valence-corrected chi connectivity index (χ2v) is 5.43.